The summed E-state index contributed by atoms with van der Waals surface area (Å²) in [6, 6.07) is 15.9. The number of nitrogens with zero attached hydrogens (tertiary/aromatic N) is 2. The van der Waals surface area contributed by atoms with Gasteiger partial charge in [0.15, 0.2) is 0 Å². The molecule has 0 heterocycles. The van der Waals surface area contributed by atoms with Gasteiger partial charge >= 0.3 is 0 Å². The Morgan fingerprint density at radius 2 is 1.60 bits per heavy atom. The summed E-state index contributed by atoms with van der Waals surface area (Å²) in [5.41, 5.74) is 0.677. The van der Waals surface area contributed by atoms with Crippen LogP contribution in [0.3, 0.4) is 0 Å². The number of benzene rings is 3. The number of unbranched alkanes of at least 4 members (excludes halogenated alkanes) is 1. The molecule has 0 aliphatic heterocycles. The molecule has 0 radical (unpaired) electrons. The van der Waals surface area contributed by atoms with Gasteiger partial charge in [-0.3, -0.25) is 13.9 Å². The summed E-state index contributed by atoms with van der Waals surface area (Å²) in [6.45, 7) is 3.35. The molecule has 3 aromatic rings. The van der Waals surface area contributed by atoms with Crippen molar-refractivity contribution in [1.82, 2.24) is 10.2 Å². The van der Waals surface area contributed by atoms with E-state index in [1.165, 1.54) is 41.3 Å². The Morgan fingerprint density at radius 1 is 0.900 bits per heavy atom. The molecule has 0 saturated carbocycles. The molecule has 0 aliphatic carbocycles. The summed E-state index contributed by atoms with van der Waals surface area (Å²) in [5.74, 6) is -1.01. The van der Waals surface area contributed by atoms with E-state index in [1.54, 1.807) is 37.3 Å². The normalized spacial score (nSPS) is 12.1. The van der Waals surface area contributed by atoms with Crippen LogP contribution in [0.2, 0.25) is 20.1 Å². The van der Waals surface area contributed by atoms with Crippen LogP contribution in [0.1, 0.15) is 32.3 Å². The molecule has 7 nitrogen and oxygen atoms in total. The maximum atomic E-state index is 13.9. The predicted molar refractivity (Wildman–Crippen MR) is 162 cm³/mol. The van der Waals surface area contributed by atoms with Crippen LogP contribution in [-0.4, -0.2) is 44.3 Å². The van der Waals surface area contributed by atoms with E-state index >= 15 is 0 Å². The number of hydrogen-bond acceptors (Lipinski definition) is 4. The van der Waals surface area contributed by atoms with Crippen LogP contribution in [-0.2, 0) is 26.2 Å². The van der Waals surface area contributed by atoms with E-state index in [2.05, 4.69) is 5.32 Å². The highest BCUT2D eigenvalue weighted by Crippen LogP contribution is 2.31. The summed E-state index contributed by atoms with van der Waals surface area (Å²) in [4.78, 5) is 28.2. The van der Waals surface area contributed by atoms with Crippen LogP contribution in [0.25, 0.3) is 0 Å². The van der Waals surface area contributed by atoms with Gasteiger partial charge in [0.05, 0.1) is 20.6 Å². The third-order valence-corrected chi connectivity index (χ3v) is 9.27. The van der Waals surface area contributed by atoms with Crippen molar-refractivity contribution in [3.05, 3.63) is 92.4 Å². The van der Waals surface area contributed by atoms with Crippen molar-refractivity contribution in [1.29, 1.82) is 0 Å². The van der Waals surface area contributed by atoms with Crippen molar-refractivity contribution in [2.75, 3.05) is 17.4 Å². The summed E-state index contributed by atoms with van der Waals surface area (Å²) in [7, 11) is -4.22. The molecule has 3 rings (SSSR count). The monoisotopic (exact) mass is 643 g/mol. The number of carbonyl (C=O) groups excluding carboxylic acids is 2. The Balaban J connectivity index is 2.03. The first-order chi connectivity index (χ1) is 18.9. The van der Waals surface area contributed by atoms with E-state index < -0.39 is 28.5 Å². The quantitative estimate of drug-likeness (QED) is 0.219. The third kappa shape index (κ3) is 8.04. The molecular weight excluding hydrogens is 616 g/mol. The Bertz CT molecular complexity index is 1460. The van der Waals surface area contributed by atoms with Crippen molar-refractivity contribution >= 4 is 73.9 Å². The highest BCUT2D eigenvalue weighted by molar-refractivity contribution is 7.92. The molecule has 1 N–H and O–H groups in total. The van der Waals surface area contributed by atoms with Crippen LogP contribution in [0.15, 0.2) is 71.6 Å². The molecule has 3 aromatic carbocycles. The van der Waals surface area contributed by atoms with Gasteiger partial charge in [-0.2, -0.15) is 0 Å². The van der Waals surface area contributed by atoms with Gasteiger partial charge in [0, 0.05) is 23.1 Å². The first kappa shape index (κ1) is 32.0. The summed E-state index contributed by atoms with van der Waals surface area (Å²) < 4.78 is 28.5. The molecule has 0 saturated heterocycles. The fraction of sp³-hybridized carbons (Fsp3) is 0.286. The predicted octanol–water partition coefficient (Wildman–Crippen LogP) is 6.83. The number of nitrogens with one attached hydrogen (secondary N) is 1. The average Bonchev–Trinajstić information content (AvgIpc) is 2.93. The van der Waals surface area contributed by atoms with Gasteiger partial charge in [0.25, 0.3) is 10.0 Å². The van der Waals surface area contributed by atoms with Crippen molar-refractivity contribution < 1.29 is 18.0 Å². The molecular formula is C28H29Cl4N3O4S. The Hall–Kier alpha value is -2.49. The van der Waals surface area contributed by atoms with Gasteiger partial charge < -0.3 is 10.2 Å². The topological polar surface area (TPSA) is 86.8 Å². The van der Waals surface area contributed by atoms with Crippen LogP contribution < -0.4 is 9.62 Å². The third-order valence-electron chi connectivity index (χ3n) is 6.15. The Kier molecular flexibility index (Phi) is 11.5. The number of amides is 2. The largest absolute Gasteiger partial charge is 0.354 e. The lowest BCUT2D eigenvalue weighted by atomic mass is 10.1. The van der Waals surface area contributed by atoms with E-state index in [-0.39, 0.29) is 33.1 Å². The maximum absolute atomic E-state index is 13.9. The van der Waals surface area contributed by atoms with Crippen molar-refractivity contribution in [2.45, 2.75) is 44.2 Å². The minimum atomic E-state index is -4.22. The minimum absolute atomic E-state index is 0.0217. The second kappa shape index (κ2) is 14.4. The standard InChI is InChI=1S/C28H29Cl4N3O4S/c1-3-4-14-33-28(37)19(2)34(17-20-10-11-21(29)15-25(20)31)27(36)18-35(22-12-13-24(30)26(32)16-22)40(38,39)23-8-6-5-7-9-23/h5-13,15-16,19H,3-4,14,17-18H2,1-2H3,(H,33,37)/t19-/m0/s1. The van der Waals surface area contributed by atoms with Crippen molar-refractivity contribution in [3.63, 3.8) is 0 Å². The fourth-order valence-electron chi connectivity index (χ4n) is 3.84. The highest BCUT2D eigenvalue weighted by Gasteiger charge is 2.33. The highest BCUT2D eigenvalue weighted by atomic mass is 35.5. The van der Waals surface area contributed by atoms with E-state index in [0.717, 1.165) is 17.1 Å². The molecule has 214 valence electrons. The molecule has 0 unspecified atom stereocenters. The van der Waals surface area contributed by atoms with E-state index in [4.69, 9.17) is 46.4 Å². The van der Waals surface area contributed by atoms with Crippen molar-refractivity contribution in [2.24, 2.45) is 0 Å². The average molecular weight is 645 g/mol. The molecule has 0 aromatic heterocycles. The minimum Gasteiger partial charge on any atom is -0.354 e. The zero-order valence-electron chi connectivity index (χ0n) is 21.9. The number of halogens is 4. The molecule has 12 heteroatoms. The lowest BCUT2D eigenvalue weighted by Gasteiger charge is -2.32. The van der Waals surface area contributed by atoms with Gasteiger partial charge in [-0.25, -0.2) is 8.42 Å². The van der Waals surface area contributed by atoms with Gasteiger partial charge in [-0.15, -0.1) is 0 Å². The molecule has 40 heavy (non-hydrogen) atoms. The fourth-order valence-corrected chi connectivity index (χ4v) is 6.03. The summed E-state index contributed by atoms with van der Waals surface area (Å²) in [6.07, 6.45) is 1.66. The zero-order chi connectivity index (χ0) is 29.4. The molecule has 0 fully saturated rings. The first-order valence-corrected chi connectivity index (χ1v) is 15.4. The van der Waals surface area contributed by atoms with Gasteiger partial charge in [-0.05, 0) is 61.4 Å². The first-order valence-electron chi connectivity index (χ1n) is 12.5. The Morgan fingerprint density at radius 3 is 2.23 bits per heavy atom. The second-order valence-electron chi connectivity index (χ2n) is 9.00. The molecule has 0 bridgehead atoms. The van der Waals surface area contributed by atoms with Crippen LogP contribution >= 0.6 is 46.4 Å². The molecule has 0 aliphatic rings. The number of carbonyl (C=O) groups is 2. The maximum Gasteiger partial charge on any atom is 0.264 e. The number of anilines is 1. The van der Waals surface area contributed by atoms with E-state index in [9.17, 15) is 18.0 Å². The molecule has 2 amide bonds. The smallest absolute Gasteiger partial charge is 0.264 e. The summed E-state index contributed by atoms with van der Waals surface area (Å²) >= 11 is 24.7. The van der Waals surface area contributed by atoms with Gasteiger partial charge in [0.1, 0.15) is 12.6 Å². The number of rotatable bonds is 12. The van der Waals surface area contributed by atoms with Gasteiger partial charge in [0.2, 0.25) is 11.8 Å². The van der Waals surface area contributed by atoms with Crippen molar-refractivity contribution in [3.8, 4) is 0 Å². The van der Waals surface area contributed by atoms with Crippen LogP contribution in [0, 0.1) is 0 Å². The van der Waals surface area contributed by atoms with Gasteiger partial charge in [-0.1, -0.05) is 84.0 Å². The van der Waals surface area contributed by atoms with Crippen LogP contribution in [0.4, 0.5) is 5.69 Å². The lowest BCUT2D eigenvalue weighted by Crippen LogP contribution is -2.51. The Labute approximate surface area is 255 Å². The van der Waals surface area contributed by atoms with Crippen LogP contribution in [0.5, 0.6) is 0 Å². The SMILES string of the molecule is CCCCNC(=O)[C@H](C)N(Cc1ccc(Cl)cc1Cl)C(=O)CN(c1ccc(Cl)c(Cl)c1)S(=O)(=O)c1ccccc1. The van der Waals surface area contributed by atoms with E-state index in [0.29, 0.717) is 22.2 Å². The van der Waals surface area contributed by atoms with E-state index in [1.807, 2.05) is 6.92 Å². The second-order valence-corrected chi connectivity index (χ2v) is 12.5. The molecule has 1 atom stereocenters. The number of sulfonamides is 1. The zero-order valence-corrected chi connectivity index (χ0v) is 25.8. The molecule has 0 spiro atoms. The number of hydrogen-bond donors (Lipinski definition) is 1. The summed E-state index contributed by atoms with van der Waals surface area (Å²) in [5, 5.41) is 3.90. The lowest BCUT2D eigenvalue weighted by molar-refractivity contribution is -0.139.